The van der Waals surface area contributed by atoms with E-state index in [-0.39, 0.29) is 11.7 Å². The van der Waals surface area contributed by atoms with Crippen LogP contribution in [0.15, 0.2) is 30.4 Å². The van der Waals surface area contributed by atoms with Crippen LogP contribution in [0.1, 0.15) is 22.8 Å². The minimum Gasteiger partial charge on any atom is -0.508 e. The number of aryl methyl sites for hydroxylation is 1. The van der Waals surface area contributed by atoms with Crippen LogP contribution in [0.5, 0.6) is 5.75 Å². The standard InChI is InChI=1S/C13H17NO2/c1-9(2)8-14(4)13(16)11-6-5-10(3)12(15)7-11/h5-7,15H,1,8H2,2-4H3. The molecule has 1 aromatic rings. The summed E-state index contributed by atoms with van der Waals surface area (Å²) in [5.74, 6) is 0.0351. The molecule has 86 valence electrons. The molecule has 1 rings (SSSR count). The first kappa shape index (κ1) is 12.3. The first-order chi connectivity index (χ1) is 7.41. The fourth-order valence-electron chi connectivity index (χ4n) is 1.44. The van der Waals surface area contributed by atoms with Gasteiger partial charge in [-0.05, 0) is 31.5 Å². The number of amides is 1. The summed E-state index contributed by atoms with van der Waals surface area (Å²) in [5.41, 5.74) is 2.18. The summed E-state index contributed by atoms with van der Waals surface area (Å²) in [6.07, 6.45) is 0. The second-order valence-electron chi connectivity index (χ2n) is 4.12. The Bertz CT molecular complexity index is 424. The van der Waals surface area contributed by atoms with Crippen LogP contribution in [-0.4, -0.2) is 29.5 Å². The molecule has 0 aliphatic rings. The number of carbonyl (C=O) groups excluding carboxylic acids is 1. The van der Waals surface area contributed by atoms with Crippen LogP contribution in [0.2, 0.25) is 0 Å². The molecule has 1 N–H and O–H groups in total. The molecule has 3 nitrogen and oxygen atoms in total. The predicted molar refractivity (Wildman–Crippen MR) is 64.6 cm³/mol. The number of benzene rings is 1. The molecule has 0 heterocycles. The fourth-order valence-corrected chi connectivity index (χ4v) is 1.44. The van der Waals surface area contributed by atoms with Gasteiger partial charge < -0.3 is 10.0 Å². The van der Waals surface area contributed by atoms with Gasteiger partial charge in [-0.2, -0.15) is 0 Å². The largest absolute Gasteiger partial charge is 0.508 e. The first-order valence-corrected chi connectivity index (χ1v) is 5.11. The minimum absolute atomic E-state index is 0.113. The van der Waals surface area contributed by atoms with Crippen LogP contribution in [-0.2, 0) is 0 Å². The van der Waals surface area contributed by atoms with Gasteiger partial charge in [0.25, 0.3) is 5.91 Å². The number of carbonyl (C=O) groups is 1. The summed E-state index contributed by atoms with van der Waals surface area (Å²) >= 11 is 0. The Kier molecular flexibility index (Phi) is 3.72. The molecule has 0 unspecified atom stereocenters. The minimum atomic E-state index is -0.113. The molecule has 0 saturated carbocycles. The SMILES string of the molecule is C=C(C)CN(C)C(=O)c1ccc(C)c(O)c1. The fraction of sp³-hybridized carbons (Fsp3) is 0.308. The summed E-state index contributed by atoms with van der Waals surface area (Å²) in [4.78, 5) is 13.5. The van der Waals surface area contributed by atoms with E-state index < -0.39 is 0 Å². The van der Waals surface area contributed by atoms with E-state index in [1.807, 2.05) is 6.92 Å². The number of phenolic OH excluding ortho intramolecular Hbond substituents is 1. The number of phenols is 1. The van der Waals surface area contributed by atoms with E-state index in [2.05, 4.69) is 6.58 Å². The number of rotatable bonds is 3. The molecule has 16 heavy (non-hydrogen) atoms. The van der Waals surface area contributed by atoms with E-state index in [9.17, 15) is 9.90 Å². The van der Waals surface area contributed by atoms with Gasteiger partial charge in [0, 0.05) is 19.2 Å². The average Bonchev–Trinajstić information content (AvgIpc) is 2.20. The molecule has 0 radical (unpaired) electrons. The van der Waals surface area contributed by atoms with Gasteiger partial charge in [0.05, 0.1) is 0 Å². The van der Waals surface area contributed by atoms with Crippen molar-refractivity contribution in [1.29, 1.82) is 0 Å². The van der Waals surface area contributed by atoms with E-state index in [1.54, 1.807) is 31.0 Å². The van der Waals surface area contributed by atoms with Crippen LogP contribution >= 0.6 is 0 Å². The van der Waals surface area contributed by atoms with E-state index in [4.69, 9.17) is 0 Å². The summed E-state index contributed by atoms with van der Waals surface area (Å²) in [5, 5.41) is 9.52. The molecule has 0 bridgehead atoms. The number of aromatic hydroxyl groups is 1. The molecule has 0 spiro atoms. The van der Waals surface area contributed by atoms with Crippen LogP contribution in [0.25, 0.3) is 0 Å². The quantitative estimate of drug-likeness (QED) is 0.793. The zero-order chi connectivity index (χ0) is 12.3. The highest BCUT2D eigenvalue weighted by atomic mass is 16.3. The second kappa shape index (κ2) is 4.84. The van der Waals surface area contributed by atoms with Gasteiger partial charge >= 0.3 is 0 Å². The summed E-state index contributed by atoms with van der Waals surface area (Å²) in [6, 6.07) is 4.94. The highest BCUT2D eigenvalue weighted by Crippen LogP contribution is 2.18. The Labute approximate surface area is 96.0 Å². The van der Waals surface area contributed by atoms with Crippen molar-refractivity contribution in [2.24, 2.45) is 0 Å². The van der Waals surface area contributed by atoms with Crippen LogP contribution in [0.4, 0.5) is 0 Å². The normalized spacial score (nSPS) is 9.94. The first-order valence-electron chi connectivity index (χ1n) is 5.11. The third-order valence-corrected chi connectivity index (χ3v) is 2.31. The highest BCUT2D eigenvalue weighted by molar-refractivity contribution is 5.94. The van der Waals surface area contributed by atoms with Crippen molar-refractivity contribution in [2.45, 2.75) is 13.8 Å². The molecule has 0 aromatic heterocycles. The number of hydrogen-bond donors (Lipinski definition) is 1. The van der Waals surface area contributed by atoms with Gasteiger partial charge in [0.2, 0.25) is 0 Å². The zero-order valence-corrected chi connectivity index (χ0v) is 9.95. The Morgan fingerprint density at radius 1 is 1.50 bits per heavy atom. The molecule has 0 atom stereocenters. The van der Waals surface area contributed by atoms with Crippen molar-refractivity contribution >= 4 is 5.91 Å². The molecule has 0 aliphatic heterocycles. The molecule has 0 aliphatic carbocycles. The van der Waals surface area contributed by atoms with Crippen molar-refractivity contribution in [3.63, 3.8) is 0 Å². The van der Waals surface area contributed by atoms with Gasteiger partial charge in [-0.15, -0.1) is 0 Å². The van der Waals surface area contributed by atoms with Crippen molar-refractivity contribution in [2.75, 3.05) is 13.6 Å². The lowest BCUT2D eigenvalue weighted by atomic mass is 10.1. The van der Waals surface area contributed by atoms with E-state index in [1.165, 1.54) is 6.07 Å². The smallest absolute Gasteiger partial charge is 0.254 e. The number of hydrogen-bond acceptors (Lipinski definition) is 2. The molecular formula is C13H17NO2. The molecule has 1 amide bonds. The summed E-state index contributed by atoms with van der Waals surface area (Å²) in [7, 11) is 1.72. The summed E-state index contributed by atoms with van der Waals surface area (Å²) < 4.78 is 0. The zero-order valence-electron chi connectivity index (χ0n) is 9.95. The predicted octanol–water partition coefficient (Wildman–Crippen LogP) is 2.35. The average molecular weight is 219 g/mol. The Balaban J connectivity index is 2.88. The topological polar surface area (TPSA) is 40.5 Å². The van der Waals surface area contributed by atoms with Crippen molar-refractivity contribution in [1.82, 2.24) is 4.90 Å². The van der Waals surface area contributed by atoms with Gasteiger partial charge in [-0.3, -0.25) is 4.79 Å². The van der Waals surface area contributed by atoms with Crippen molar-refractivity contribution < 1.29 is 9.90 Å². The number of likely N-dealkylation sites (N-methyl/N-ethyl adjacent to an activating group) is 1. The van der Waals surface area contributed by atoms with Crippen LogP contribution in [0, 0.1) is 6.92 Å². The van der Waals surface area contributed by atoms with Gasteiger partial charge in [-0.1, -0.05) is 18.2 Å². The van der Waals surface area contributed by atoms with Crippen molar-refractivity contribution in [3.05, 3.63) is 41.5 Å². The van der Waals surface area contributed by atoms with Gasteiger partial charge in [0.1, 0.15) is 5.75 Å². The lowest BCUT2D eigenvalue weighted by Crippen LogP contribution is -2.28. The van der Waals surface area contributed by atoms with E-state index in [0.717, 1.165) is 11.1 Å². The maximum absolute atomic E-state index is 11.9. The maximum atomic E-state index is 11.9. The lowest BCUT2D eigenvalue weighted by Gasteiger charge is -2.17. The Hall–Kier alpha value is -1.77. The highest BCUT2D eigenvalue weighted by Gasteiger charge is 2.12. The third-order valence-electron chi connectivity index (χ3n) is 2.31. The number of nitrogens with zero attached hydrogens (tertiary/aromatic N) is 1. The Morgan fingerprint density at radius 3 is 2.62 bits per heavy atom. The lowest BCUT2D eigenvalue weighted by molar-refractivity contribution is 0.0806. The molecule has 3 heteroatoms. The van der Waals surface area contributed by atoms with Crippen LogP contribution in [0.3, 0.4) is 0 Å². The summed E-state index contributed by atoms with van der Waals surface area (Å²) in [6.45, 7) is 7.95. The monoisotopic (exact) mass is 219 g/mol. The maximum Gasteiger partial charge on any atom is 0.254 e. The molecule has 0 saturated heterocycles. The Morgan fingerprint density at radius 2 is 2.12 bits per heavy atom. The molecule has 0 fully saturated rings. The van der Waals surface area contributed by atoms with Crippen LogP contribution < -0.4 is 0 Å². The molecular weight excluding hydrogens is 202 g/mol. The molecule has 1 aromatic carbocycles. The van der Waals surface area contributed by atoms with E-state index in [0.29, 0.717) is 12.1 Å². The third kappa shape index (κ3) is 2.86. The van der Waals surface area contributed by atoms with E-state index >= 15 is 0 Å². The van der Waals surface area contributed by atoms with Gasteiger partial charge in [0.15, 0.2) is 0 Å². The van der Waals surface area contributed by atoms with Crippen molar-refractivity contribution in [3.8, 4) is 5.75 Å². The van der Waals surface area contributed by atoms with Gasteiger partial charge in [-0.25, -0.2) is 0 Å². The second-order valence-corrected chi connectivity index (χ2v) is 4.12.